The molecule has 1 N–H and O–H groups in total. The molecule has 3 nitrogen and oxygen atoms in total. The summed E-state index contributed by atoms with van der Waals surface area (Å²) in [6, 6.07) is 0.632. The SMILES string of the molecule is CCCN1CCN(CCCCNC(C)C)CC1. The highest BCUT2D eigenvalue weighted by molar-refractivity contribution is 4.71. The van der Waals surface area contributed by atoms with Crippen molar-refractivity contribution >= 4 is 0 Å². The predicted molar refractivity (Wildman–Crippen MR) is 75.5 cm³/mol. The molecule has 1 aliphatic heterocycles. The smallest absolute Gasteiger partial charge is 0.0110 e. The van der Waals surface area contributed by atoms with Crippen molar-refractivity contribution in [1.29, 1.82) is 0 Å². The minimum Gasteiger partial charge on any atom is -0.315 e. The van der Waals surface area contributed by atoms with Crippen LogP contribution in [0.5, 0.6) is 0 Å². The van der Waals surface area contributed by atoms with Gasteiger partial charge >= 0.3 is 0 Å². The van der Waals surface area contributed by atoms with E-state index in [1.165, 1.54) is 65.1 Å². The second kappa shape index (κ2) is 8.90. The van der Waals surface area contributed by atoms with Crippen LogP contribution in [0.15, 0.2) is 0 Å². The van der Waals surface area contributed by atoms with Gasteiger partial charge in [-0.1, -0.05) is 20.8 Å². The number of nitrogens with one attached hydrogen (secondary N) is 1. The van der Waals surface area contributed by atoms with Crippen molar-refractivity contribution in [2.45, 2.75) is 46.1 Å². The number of unbranched alkanes of at least 4 members (excludes halogenated alkanes) is 1. The van der Waals surface area contributed by atoms with E-state index in [9.17, 15) is 0 Å². The lowest BCUT2D eigenvalue weighted by atomic mass is 10.2. The molecular weight excluding hydrogens is 210 g/mol. The Balaban J connectivity index is 1.95. The van der Waals surface area contributed by atoms with Crippen molar-refractivity contribution in [3.8, 4) is 0 Å². The predicted octanol–water partition coefficient (Wildman–Crippen LogP) is 1.79. The Labute approximate surface area is 108 Å². The van der Waals surface area contributed by atoms with Crippen LogP contribution in [0, 0.1) is 0 Å². The van der Waals surface area contributed by atoms with Crippen molar-refractivity contribution in [2.75, 3.05) is 45.8 Å². The molecule has 0 aromatic heterocycles. The van der Waals surface area contributed by atoms with Gasteiger partial charge in [0, 0.05) is 32.2 Å². The maximum absolute atomic E-state index is 3.48. The average molecular weight is 241 g/mol. The molecule has 102 valence electrons. The summed E-state index contributed by atoms with van der Waals surface area (Å²) >= 11 is 0. The third-order valence-electron chi connectivity index (χ3n) is 3.46. The van der Waals surface area contributed by atoms with E-state index < -0.39 is 0 Å². The maximum atomic E-state index is 3.48. The molecule has 0 radical (unpaired) electrons. The first kappa shape index (κ1) is 14.9. The van der Waals surface area contributed by atoms with E-state index in [0.717, 1.165) is 0 Å². The molecule has 1 rings (SSSR count). The Kier molecular flexibility index (Phi) is 7.82. The van der Waals surface area contributed by atoms with Crippen molar-refractivity contribution in [3.05, 3.63) is 0 Å². The zero-order chi connectivity index (χ0) is 12.5. The molecule has 1 saturated heterocycles. The largest absolute Gasteiger partial charge is 0.315 e. The van der Waals surface area contributed by atoms with Crippen LogP contribution in [0.4, 0.5) is 0 Å². The Morgan fingerprint density at radius 3 is 2.06 bits per heavy atom. The van der Waals surface area contributed by atoms with E-state index in [2.05, 4.69) is 35.9 Å². The van der Waals surface area contributed by atoms with Gasteiger partial charge in [0.1, 0.15) is 0 Å². The summed E-state index contributed by atoms with van der Waals surface area (Å²) in [6.07, 6.45) is 3.95. The van der Waals surface area contributed by atoms with Gasteiger partial charge in [0.05, 0.1) is 0 Å². The lowest BCUT2D eigenvalue weighted by Gasteiger charge is -2.34. The molecule has 0 amide bonds. The van der Waals surface area contributed by atoms with Gasteiger partial charge in [-0.3, -0.25) is 0 Å². The van der Waals surface area contributed by atoms with E-state index >= 15 is 0 Å². The van der Waals surface area contributed by atoms with E-state index in [0.29, 0.717) is 6.04 Å². The Morgan fingerprint density at radius 1 is 0.941 bits per heavy atom. The van der Waals surface area contributed by atoms with Crippen LogP contribution < -0.4 is 5.32 Å². The van der Waals surface area contributed by atoms with Gasteiger partial charge in [-0.05, 0) is 38.9 Å². The van der Waals surface area contributed by atoms with Gasteiger partial charge < -0.3 is 15.1 Å². The number of rotatable bonds is 8. The zero-order valence-corrected chi connectivity index (χ0v) is 12.0. The minimum absolute atomic E-state index is 0.632. The molecule has 0 aromatic rings. The second-order valence-corrected chi connectivity index (χ2v) is 5.50. The maximum Gasteiger partial charge on any atom is 0.0110 e. The van der Waals surface area contributed by atoms with Crippen LogP contribution in [-0.4, -0.2) is 61.7 Å². The summed E-state index contributed by atoms with van der Waals surface area (Å²) in [4.78, 5) is 5.22. The van der Waals surface area contributed by atoms with Crippen LogP contribution in [0.25, 0.3) is 0 Å². The molecule has 0 spiro atoms. The van der Waals surface area contributed by atoms with Gasteiger partial charge in [-0.15, -0.1) is 0 Å². The van der Waals surface area contributed by atoms with Gasteiger partial charge in [0.25, 0.3) is 0 Å². The fraction of sp³-hybridized carbons (Fsp3) is 1.00. The first-order valence-electron chi connectivity index (χ1n) is 7.40. The van der Waals surface area contributed by atoms with Gasteiger partial charge in [0.2, 0.25) is 0 Å². The normalized spacial score (nSPS) is 19.1. The topological polar surface area (TPSA) is 18.5 Å². The molecule has 0 unspecified atom stereocenters. The molecule has 3 heteroatoms. The summed E-state index contributed by atoms with van der Waals surface area (Å²) < 4.78 is 0. The molecular formula is C14H31N3. The van der Waals surface area contributed by atoms with Crippen LogP contribution >= 0.6 is 0 Å². The molecule has 0 aromatic carbocycles. The summed E-state index contributed by atoms with van der Waals surface area (Å²) in [5, 5.41) is 3.48. The minimum atomic E-state index is 0.632. The summed E-state index contributed by atoms with van der Waals surface area (Å²) in [6.45, 7) is 15.6. The molecule has 0 atom stereocenters. The molecule has 1 aliphatic rings. The van der Waals surface area contributed by atoms with Crippen LogP contribution in [0.3, 0.4) is 0 Å². The Morgan fingerprint density at radius 2 is 1.53 bits per heavy atom. The van der Waals surface area contributed by atoms with Crippen molar-refractivity contribution in [3.63, 3.8) is 0 Å². The summed E-state index contributed by atoms with van der Waals surface area (Å²) in [5.41, 5.74) is 0. The van der Waals surface area contributed by atoms with Gasteiger partial charge in [-0.2, -0.15) is 0 Å². The standard InChI is InChI=1S/C14H31N3/c1-4-8-16-10-12-17(13-11-16)9-6-5-7-15-14(2)3/h14-15H,4-13H2,1-3H3. The number of hydrogen-bond donors (Lipinski definition) is 1. The number of nitrogens with zero attached hydrogens (tertiary/aromatic N) is 2. The molecule has 1 heterocycles. The van der Waals surface area contributed by atoms with Crippen LogP contribution in [-0.2, 0) is 0 Å². The van der Waals surface area contributed by atoms with E-state index in [1.807, 2.05) is 0 Å². The quantitative estimate of drug-likeness (QED) is 0.654. The molecule has 0 bridgehead atoms. The highest BCUT2D eigenvalue weighted by Crippen LogP contribution is 2.03. The van der Waals surface area contributed by atoms with E-state index in [4.69, 9.17) is 0 Å². The van der Waals surface area contributed by atoms with Gasteiger partial charge in [0.15, 0.2) is 0 Å². The zero-order valence-electron chi connectivity index (χ0n) is 12.0. The fourth-order valence-corrected chi connectivity index (χ4v) is 2.40. The van der Waals surface area contributed by atoms with Gasteiger partial charge in [-0.25, -0.2) is 0 Å². The van der Waals surface area contributed by atoms with Crippen molar-refractivity contribution in [1.82, 2.24) is 15.1 Å². The monoisotopic (exact) mass is 241 g/mol. The molecule has 17 heavy (non-hydrogen) atoms. The molecule has 1 fully saturated rings. The van der Waals surface area contributed by atoms with Crippen LogP contribution in [0.1, 0.15) is 40.0 Å². The highest BCUT2D eigenvalue weighted by Gasteiger charge is 2.14. The third-order valence-corrected chi connectivity index (χ3v) is 3.46. The summed E-state index contributed by atoms with van der Waals surface area (Å²) in [7, 11) is 0. The lowest BCUT2D eigenvalue weighted by Crippen LogP contribution is -2.46. The summed E-state index contributed by atoms with van der Waals surface area (Å²) in [5.74, 6) is 0. The average Bonchev–Trinajstić information content (AvgIpc) is 2.31. The first-order chi connectivity index (χ1) is 8.22. The molecule has 0 saturated carbocycles. The highest BCUT2D eigenvalue weighted by atomic mass is 15.3. The lowest BCUT2D eigenvalue weighted by molar-refractivity contribution is 0.131. The van der Waals surface area contributed by atoms with E-state index in [1.54, 1.807) is 0 Å². The Hall–Kier alpha value is -0.120. The molecule has 0 aliphatic carbocycles. The number of piperazine rings is 1. The second-order valence-electron chi connectivity index (χ2n) is 5.50. The van der Waals surface area contributed by atoms with E-state index in [-0.39, 0.29) is 0 Å². The van der Waals surface area contributed by atoms with Crippen molar-refractivity contribution in [2.24, 2.45) is 0 Å². The van der Waals surface area contributed by atoms with Crippen LogP contribution in [0.2, 0.25) is 0 Å². The van der Waals surface area contributed by atoms with Crippen molar-refractivity contribution < 1.29 is 0 Å². The number of hydrogen-bond acceptors (Lipinski definition) is 3. The third kappa shape index (κ3) is 7.02. The fourth-order valence-electron chi connectivity index (χ4n) is 2.40. The first-order valence-corrected chi connectivity index (χ1v) is 7.40. The Bertz CT molecular complexity index is 174.